The lowest BCUT2D eigenvalue weighted by molar-refractivity contribution is 0.476. The summed E-state index contributed by atoms with van der Waals surface area (Å²) >= 11 is 0. The highest BCUT2D eigenvalue weighted by Gasteiger charge is 2.15. The number of hydrogen-bond donors (Lipinski definition) is 2. The Labute approximate surface area is 164 Å². The van der Waals surface area contributed by atoms with Crippen molar-refractivity contribution in [3.63, 3.8) is 0 Å². The molecule has 0 radical (unpaired) electrons. The van der Waals surface area contributed by atoms with Crippen molar-refractivity contribution in [1.29, 1.82) is 5.26 Å². The Bertz CT molecular complexity index is 827. The Kier molecular flexibility index (Phi) is 9.16. The van der Waals surface area contributed by atoms with Crippen molar-refractivity contribution in [2.24, 2.45) is 0 Å². The van der Waals surface area contributed by atoms with Gasteiger partial charge in [-0.3, -0.25) is 0 Å². The first kappa shape index (κ1) is 22.3. The van der Waals surface area contributed by atoms with E-state index in [0.717, 1.165) is 28.7 Å². The molecular formula is C24H32N2O. The summed E-state index contributed by atoms with van der Waals surface area (Å²) in [6.07, 6.45) is 6.94. The number of para-hydroxylation sites is 1. The van der Waals surface area contributed by atoms with Crippen molar-refractivity contribution >= 4 is 11.3 Å². The summed E-state index contributed by atoms with van der Waals surface area (Å²) in [6, 6.07) is 11.4. The van der Waals surface area contributed by atoms with Crippen LogP contribution in [-0.4, -0.2) is 5.11 Å². The number of nitrogens with two attached hydrogens (primary N) is 1. The summed E-state index contributed by atoms with van der Waals surface area (Å²) in [5, 5.41) is 19.6. The standard InChI is InChI=1S/C19H20N2O.C5H12/c1-4-6-15(16-7-5-8-18(21)19(16)22)17-10-14(11-20)12(2)9-13(17)3;1-3-5-4-2/h5-10,22H,4,21H2,1-3H3;3-5H2,1-2H3/b15-6-;. The van der Waals surface area contributed by atoms with Crippen molar-refractivity contribution in [2.75, 3.05) is 5.73 Å². The maximum absolute atomic E-state index is 10.3. The molecule has 2 rings (SSSR count). The Hall–Kier alpha value is -2.73. The van der Waals surface area contributed by atoms with E-state index >= 15 is 0 Å². The topological polar surface area (TPSA) is 70.0 Å². The molecule has 0 aliphatic heterocycles. The number of rotatable bonds is 5. The van der Waals surface area contributed by atoms with Crippen molar-refractivity contribution in [2.45, 2.75) is 60.3 Å². The number of nitrogens with zero attached hydrogens (tertiary/aromatic N) is 1. The molecule has 3 nitrogen and oxygen atoms in total. The van der Waals surface area contributed by atoms with Gasteiger partial charge in [0.25, 0.3) is 0 Å². The van der Waals surface area contributed by atoms with E-state index in [9.17, 15) is 10.4 Å². The molecule has 0 atom stereocenters. The molecule has 0 spiro atoms. The van der Waals surface area contributed by atoms with E-state index in [1.54, 1.807) is 6.07 Å². The van der Waals surface area contributed by atoms with Crippen LogP contribution in [0.25, 0.3) is 5.57 Å². The molecule has 3 N–H and O–H groups in total. The molecule has 0 fully saturated rings. The van der Waals surface area contributed by atoms with Gasteiger partial charge in [-0.1, -0.05) is 64.3 Å². The van der Waals surface area contributed by atoms with Crippen LogP contribution in [0.4, 0.5) is 5.69 Å². The van der Waals surface area contributed by atoms with E-state index in [1.165, 1.54) is 19.3 Å². The Morgan fingerprint density at radius 1 is 1.07 bits per heavy atom. The first-order chi connectivity index (χ1) is 12.9. The van der Waals surface area contributed by atoms with Gasteiger partial charge in [-0.15, -0.1) is 0 Å². The third-order valence-corrected chi connectivity index (χ3v) is 4.45. The number of nitrogen functional groups attached to an aromatic ring is 1. The van der Waals surface area contributed by atoms with Gasteiger partial charge >= 0.3 is 0 Å². The van der Waals surface area contributed by atoms with Crippen LogP contribution in [0.3, 0.4) is 0 Å². The van der Waals surface area contributed by atoms with E-state index in [1.807, 2.05) is 51.1 Å². The van der Waals surface area contributed by atoms with Crippen LogP contribution in [0.5, 0.6) is 5.75 Å². The number of unbranched alkanes of at least 4 members (excludes halogenated alkanes) is 2. The zero-order valence-corrected chi connectivity index (χ0v) is 17.3. The molecule has 3 heteroatoms. The fraction of sp³-hybridized carbons (Fsp3) is 0.375. The summed E-state index contributed by atoms with van der Waals surface area (Å²) in [7, 11) is 0. The van der Waals surface area contributed by atoms with Gasteiger partial charge in [-0.05, 0) is 54.7 Å². The minimum Gasteiger partial charge on any atom is -0.505 e. The maximum Gasteiger partial charge on any atom is 0.146 e. The minimum atomic E-state index is 0.0840. The molecule has 0 bridgehead atoms. The van der Waals surface area contributed by atoms with Crippen molar-refractivity contribution < 1.29 is 5.11 Å². The number of allylic oxidation sites excluding steroid dienone is 1. The number of aromatic hydroxyl groups is 1. The third kappa shape index (κ3) is 5.89. The Morgan fingerprint density at radius 3 is 2.26 bits per heavy atom. The molecule has 144 valence electrons. The van der Waals surface area contributed by atoms with Gasteiger partial charge in [-0.25, -0.2) is 0 Å². The largest absolute Gasteiger partial charge is 0.505 e. The first-order valence-electron chi connectivity index (χ1n) is 9.70. The van der Waals surface area contributed by atoms with Crippen LogP contribution < -0.4 is 5.73 Å². The van der Waals surface area contributed by atoms with Crippen LogP contribution in [0, 0.1) is 25.2 Å². The summed E-state index contributed by atoms with van der Waals surface area (Å²) in [6.45, 7) is 10.4. The van der Waals surface area contributed by atoms with Crippen LogP contribution in [0.15, 0.2) is 36.4 Å². The molecule has 0 aromatic heterocycles. The first-order valence-corrected chi connectivity index (χ1v) is 9.70. The molecule has 0 aliphatic carbocycles. The second-order valence-electron chi connectivity index (χ2n) is 6.72. The van der Waals surface area contributed by atoms with Gasteiger partial charge in [0.15, 0.2) is 0 Å². The number of phenols is 1. The average molecular weight is 365 g/mol. The minimum absolute atomic E-state index is 0.0840. The highest BCUT2D eigenvalue weighted by atomic mass is 16.3. The van der Waals surface area contributed by atoms with E-state index in [-0.39, 0.29) is 5.75 Å². The molecular weight excluding hydrogens is 332 g/mol. The third-order valence-electron chi connectivity index (χ3n) is 4.45. The van der Waals surface area contributed by atoms with Gasteiger partial charge < -0.3 is 10.8 Å². The summed E-state index contributed by atoms with van der Waals surface area (Å²) in [5.74, 6) is 0.0840. The van der Waals surface area contributed by atoms with Crippen molar-refractivity contribution in [1.82, 2.24) is 0 Å². The van der Waals surface area contributed by atoms with Crippen LogP contribution in [-0.2, 0) is 0 Å². The zero-order chi connectivity index (χ0) is 20.4. The van der Waals surface area contributed by atoms with Gasteiger partial charge in [0, 0.05) is 5.56 Å². The van der Waals surface area contributed by atoms with Gasteiger partial charge in [0.05, 0.1) is 17.3 Å². The van der Waals surface area contributed by atoms with Crippen LogP contribution in [0.1, 0.15) is 74.3 Å². The van der Waals surface area contributed by atoms with Crippen LogP contribution in [0.2, 0.25) is 0 Å². The molecule has 0 saturated carbocycles. The predicted molar refractivity (Wildman–Crippen MR) is 116 cm³/mol. The zero-order valence-electron chi connectivity index (χ0n) is 17.3. The molecule has 27 heavy (non-hydrogen) atoms. The average Bonchev–Trinajstić information content (AvgIpc) is 2.64. The highest BCUT2D eigenvalue weighted by molar-refractivity contribution is 5.86. The SMILES string of the molecule is CC/C=C(\c1cc(C#N)c(C)cc1C)c1cccc(N)c1O.CCCCC. The van der Waals surface area contributed by atoms with E-state index in [2.05, 4.69) is 19.9 Å². The van der Waals surface area contributed by atoms with E-state index in [4.69, 9.17) is 5.73 Å². The molecule has 0 saturated heterocycles. The predicted octanol–water partition coefficient (Wildman–Crippen LogP) is 6.50. The Morgan fingerprint density at radius 2 is 1.74 bits per heavy atom. The Balaban J connectivity index is 0.000000646. The lowest BCUT2D eigenvalue weighted by Gasteiger charge is -2.15. The van der Waals surface area contributed by atoms with Crippen LogP contribution >= 0.6 is 0 Å². The molecule has 2 aromatic rings. The summed E-state index contributed by atoms with van der Waals surface area (Å²) in [5.41, 5.74) is 11.4. The highest BCUT2D eigenvalue weighted by Crippen LogP contribution is 2.36. The summed E-state index contributed by atoms with van der Waals surface area (Å²) in [4.78, 5) is 0. The summed E-state index contributed by atoms with van der Waals surface area (Å²) < 4.78 is 0. The lowest BCUT2D eigenvalue weighted by atomic mass is 9.90. The fourth-order valence-corrected chi connectivity index (χ4v) is 2.96. The normalized spacial score (nSPS) is 10.7. The number of aryl methyl sites for hydroxylation is 2. The van der Waals surface area contributed by atoms with Crippen molar-refractivity contribution in [3.05, 3.63) is 64.2 Å². The number of hydrogen-bond acceptors (Lipinski definition) is 3. The lowest BCUT2D eigenvalue weighted by Crippen LogP contribution is -1.97. The number of benzene rings is 2. The number of phenolic OH excluding ortho intramolecular Hbond substituents is 1. The molecule has 0 unspecified atom stereocenters. The van der Waals surface area contributed by atoms with Gasteiger partial charge in [0.2, 0.25) is 0 Å². The van der Waals surface area contributed by atoms with Crippen molar-refractivity contribution in [3.8, 4) is 11.8 Å². The molecule has 0 heterocycles. The van der Waals surface area contributed by atoms with E-state index in [0.29, 0.717) is 16.8 Å². The number of nitriles is 1. The fourth-order valence-electron chi connectivity index (χ4n) is 2.96. The quantitative estimate of drug-likeness (QED) is 0.470. The van der Waals surface area contributed by atoms with Gasteiger partial charge in [-0.2, -0.15) is 5.26 Å². The molecule has 0 aliphatic rings. The molecule has 2 aromatic carbocycles. The smallest absolute Gasteiger partial charge is 0.146 e. The second kappa shape index (κ2) is 11.1. The van der Waals surface area contributed by atoms with Gasteiger partial charge in [0.1, 0.15) is 5.75 Å². The number of anilines is 1. The second-order valence-corrected chi connectivity index (χ2v) is 6.72. The maximum atomic E-state index is 10.3. The molecule has 0 amide bonds. The monoisotopic (exact) mass is 364 g/mol. The van der Waals surface area contributed by atoms with E-state index < -0.39 is 0 Å².